The Morgan fingerprint density at radius 2 is 2.00 bits per heavy atom. The lowest BCUT2D eigenvalue weighted by Gasteiger charge is -2.14. The summed E-state index contributed by atoms with van der Waals surface area (Å²) in [6.45, 7) is 3.76. The zero-order chi connectivity index (χ0) is 14.0. The van der Waals surface area contributed by atoms with Gasteiger partial charge in [0.05, 0.1) is 17.3 Å². The highest BCUT2D eigenvalue weighted by Crippen LogP contribution is 2.32. The van der Waals surface area contributed by atoms with Crippen LogP contribution in [0.5, 0.6) is 0 Å². The van der Waals surface area contributed by atoms with Gasteiger partial charge in [-0.05, 0) is 44.7 Å². The maximum absolute atomic E-state index is 12.2. The van der Waals surface area contributed by atoms with Crippen LogP contribution in [0.15, 0.2) is 12.3 Å². The molecule has 1 fully saturated rings. The maximum Gasteiger partial charge on any atom is 0.306 e. The van der Waals surface area contributed by atoms with E-state index in [0.29, 0.717) is 19.3 Å². The maximum atomic E-state index is 12.2. The van der Waals surface area contributed by atoms with Crippen LogP contribution in [0.1, 0.15) is 30.5 Å². The van der Waals surface area contributed by atoms with E-state index in [1.807, 2.05) is 19.9 Å². The standard InChI is InChI=1S/C14H18N2O3/c1-8-5-6-15-9(2)12(8)16-13(17)10-3-4-11(7-10)14(18)19/h5-6,10-11H,3-4,7H2,1-2H3,(H,16,17)(H,18,19)/t10-,11+/m1/s1. The number of hydrogen-bond donors (Lipinski definition) is 2. The number of anilines is 1. The molecule has 1 aliphatic carbocycles. The van der Waals surface area contributed by atoms with Crippen molar-refractivity contribution < 1.29 is 14.7 Å². The molecule has 2 rings (SSSR count). The molecule has 5 nitrogen and oxygen atoms in total. The Morgan fingerprint density at radius 1 is 1.32 bits per heavy atom. The Labute approximate surface area is 112 Å². The molecule has 0 saturated heterocycles. The number of nitrogens with zero attached hydrogens (tertiary/aromatic N) is 1. The summed E-state index contributed by atoms with van der Waals surface area (Å²) >= 11 is 0. The second-order valence-electron chi connectivity index (χ2n) is 5.12. The van der Waals surface area contributed by atoms with Crippen molar-refractivity contribution in [3.8, 4) is 0 Å². The molecular formula is C14H18N2O3. The topological polar surface area (TPSA) is 79.3 Å². The molecule has 1 aromatic rings. The van der Waals surface area contributed by atoms with Gasteiger partial charge in [0, 0.05) is 12.1 Å². The van der Waals surface area contributed by atoms with Crippen molar-refractivity contribution in [2.24, 2.45) is 11.8 Å². The Kier molecular flexibility index (Phi) is 3.83. The number of aromatic nitrogens is 1. The van der Waals surface area contributed by atoms with Crippen LogP contribution in [0, 0.1) is 25.7 Å². The van der Waals surface area contributed by atoms with E-state index < -0.39 is 5.97 Å². The largest absolute Gasteiger partial charge is 0.481 e. The number of carbonyl (C=O) groups is 2. The molecule has 0 aliphatic heterocycles. The zero-order valence-corrected chi connectivity index (χ0v) is 11.1. The predicted molar refractivity (Wildman–Crippen MR) is 70.8 cm³/mol. The second kappa shape index (κ2) is 5.38. The molecule has 19 heavy (non-hydrogen) atoms. The minimum absolute atomic E-state index is 0.0945. The molecule has 1 saturated carbocycles. The van der Waals surface area contributed by atoms with Crippen molar-refractivity contribution in [2.75, 3.05) is 5.32 Å². The van der Waals surface area contributed by atoms with Crippen LogP contribution in [0.3, 0.4) is 0 Å². The third kappa shape index (κ3) is 2.92. The smallest absolute Gasteiger partial charge is 0.306 e. The molecule has 2 atom stereocenters. The Balaban J connectivity index is 2.04. The van der Waals surface area contributed by atoms with E-state index in [9.17, 15) is 9.59 Å². The van der Waals surface area contributed by atoms with Gasteiger partial charge in [-0.15, -0.1) is 0 Å². The first-order valence-corrected chi connectivity index (χ1v) is 6.45. The first-order chi connectivity index (χ1) is 8.99. The van der Waals surface area contributed by atoms with Crippen molar-refractivity contribution in [1.82, 2.24) is 4.98 Å². The average Bonchev–Trinajstić information content (AvgIpc) is 2.83. The summed E-state index contributed by atoms with van der Waals surface area (Å²) in [5, 5.41) is 11.8. The van der Waals surface area contributed by atoms with Crippen LogP contribution < -0.4 is 5.32 Å². The van der Waals surface area contributed by atoms with Gasteiger partial charge in [-0.3, -0.25) is 14.6 Å². The Bertz CT molecular complexity index is 493. The second-order valence-corrected chi connectivity index (χ2v) is 5.12. The van der Waals surface area contributed by atoms with Gasteiger partial charge in [-0.1, -0.05) is 0 Å². The molecule has 5 heteroatoms. The highest BCUT2D eigenvalue weighted by molar-refractivity contribution is 5.94. The van der Waals surface area contributed by atoms with Crippen molar-refractivity contribution in [2.45, 2.75) is 33.1 Å². The molecule has 1 heterocycles. The fraction of sp³-hybridized carbons (Fsp3) is 0.500. The zero-order valence-electron chi connectivity index (χ0n) is 11.1. The average molecular weight is 262 g/mol. The first kappa shape index (κ1) is 13.5. The van der Waals surface area contributed by atoms with E-state index in [1.54, 1.807) is 6.20 Å². The summed E-state index contributed by atoms with van der Waals surface area (Å²) in [6, 6.07) is 1.84. The van der Waals surface area contributed by atoms with Gasteiger partial charge < -0.3 is 10.4 Å². The van der Waals surface area contributed by atoms with Gasteiger partial charge in [0.1, 0.15) is 0 Å². The van der Waals surface area contributed by atoms with E-state index in [2.05, 4.69) is 10.3 Å². The third-order valence-corrected chi connectivity index (χ3v) is 3.75. The van der Waals surface area contributed by atoms with E-state index in [4.69, 9.17) is 5.11 Å². The number of nitrogens with one attached hydrogen (secondary N) is 1. The fourth-order valence-corrected chi connectivity index (χ4v) is 2.55. The van der Waals surface area contributed by atoms with Crippen molar-refractivity contribution in [1.29, 1.82) is 0 Å². The highest BCUT2D eigenvalue weighted by atomic mass is 16.4. The Morgan fingerprint density at radius 3 is 2.58 bits per heavy atom. The number of aliphatic carboxylic acids is 1. The number of aryl methyl sites for hydroxylation is 2. The molecular weight excluding hydrogens is 244 g/mol. The van der Waals surface area contributed by atoms with E-state index in [0.717, 1.165) is 16.9 Å². The SMILES string of the molecule is Cc1ccnc(C)c1NC(=O)[C@@H]1CC[C@H](C(=O)O)C1. The van der Waals surface area contributed by atoms with Crippen LogP contribution in [-0.4, -0.2) is 22.0 Å². The monoisotopic (exact) mass is 262 g/mol. The molecule has 0 spiro atoms. The Hall–Kier alpha value is -1.91. The number of carboxylic acid groups (broad SMARTS) is 1. The molecule has 1 aliphatic rings. The number of carbonyl (C=O) groups excluding carboxylic acids is 1. The van der Waals surface area contributed by atoms with Gasteiger partial charge in [0.15, 0.2) is 0 Å². The lowest BCUT2D eigenvalue weighted by molar-refractivity contribution is -0.141. The molecule has 2 N–H and O–H groups in total. The van der Waals surface area contributed by atoms with Crippen LogP contribution >= 0.6 is 0 Å². The number of amides is 1. The number of rotatable bonds is 3. The van der Waals surface area contributed by atoms with E-state index in [-0.39, 0.29) is 17.7 Å². The molecule has 1 amide bonds. The minimum atomic E-state index is -0.802. The van der Waals surface area contributed by atoms with Gasteiger partial charge in [-0.2, -0.15) is 0 Å². The first-order valence-electron chi connectivity index (χ1n) is 6.45. The fourth-order valence-electron chi connectivity index (χ4n) is 2.55. The summed E-state index contributed by atoms with van der Waals surface area (Å²) in [7, 11) is 0. The summed E-state index contributed by atoms with van der Waals surface area (Å²) < 4.78 is 0. The molecule has 0 unspecified atom stereocenters. The summed E-state index contributed by atoms with van der Waals surface area (Å²) in [4.78, 5) is 27.2. The molecule has 1 aromatic heterocycles. The lowest BCUT2D eigenvalue weighted by Crippen LogP contribution is -2.22. The molecule has 102 valence electrons. The third-order valence-electron chi connectivity index (χ3n) is 3.75. The van der Waals surface area contributed by atoms with Crippen molar-refractivity contribution in [3.63, 3.8) is 0 Å². The molecule has 0 bridgehead atoms. The van der Waals surface area contributed by atoms with E-state index in [1.165, 1.54) is 0 Å². The summed E-state index contributed by atoms with van der Waals surface area (Å²) in [5.41, 5.74) is 2.49. The quantitative estimate of drug-likeness (QED) is 0.874. The molecule has 0 radical (unpaired) electrons. The molecule has 0 aromatic carbocycles. The van der Waals surface area contributed by atoms with Crippen LogP contribution in [0.2, 0.25) is 0 Å². The minimum Gasteiger partial charge on any atom is -0.481 e. The number of pyridine rings is 1. The van der Waals surface area contributed by atoms with E-state index >= 15 is 0 Å². The summed E-state index contributed by atoms with van der Waals surface area (Å²) in [6.07, 6.45) is 3.36. The summed E-state index contributed by atoms with van der Waals surface area (Å²) in [5.74, 6) is -1.49. The van der Waals surface area contributed by atoms with Crippen molar-refractivity contribution >= 4 is 17.6 Å². The number of hydrogen-bond acceptors (Lipinski definition) is 3. The van der Waals surface area contributed by atoms with Crippen LogP contribution in [0.4, 0.5) is 5.69 Å². The van der Waals surface area contributed by atoms with Crippen LogP contribution in [-0.2, 0) is 9.59 Å². The van der Waals surface area contributed by atoms with Gasteiger partial charge in [0.2, 0.25) is 5.91 Å². The highest BCUT2D eigenvalue weighted by Gasteiger charge is 2.34. The normalized spacial score (nSPS) is 22.2. The van der Waals surface area contributed by atoms with Gasteiger partial charge in [-0.25, -0.2) is 0 Å². The number of carboxylic acids is 1. The van der Waals surface area contributed by atoms with Crippen molar-refractivity contribution in [3.05, 3.63) is 23.5 Å². The van der Waals surface area contributed by atoms with Gasteiger partial charge in [0.25, 0.3) is 0 Å². The predicted octanol–water partition coefficient (Wildman–Crippen LogP) is 2.14. The lowest BCUT2D eigenvalue weighted by atomic mass is 10.0. The van der Waals surface area contributed by atoms with Crippen LogP contribution in [0.25, 0.3) is 0 Å². The van der Waals surface area contributed by atoms with Gasteiger partial charge >= 0.3 is 5.97 Å².